The summed E-state index contributed by atoms with van der Waals surface area (Å²) in [6.07, 6.45) is 1.84. The van der Waals surface area contributed by atoms with Crippen LogP contribution in [0.3, 0.4) is 0 Å². The molecule has 0 saturated heterocycles. The molecule has 1 atom stereocenters. The van der Waals surface area contributed by atoms with Gasteiger partial charge in [-0.05, 0) is 36.1 Å². The summed E-state index contributed by atoms with van der Waals surface area (Å²) in [5, 5.41) is 6.28. The average Bonchev–Trinajstić information content (AvgIpc) is 3.43. The molecule has 1 aliphatic rings. The number of rotatable bonds is 6. The zero-order valence-corrected chi connectivity index (χ0v) is 13.9. The van der Waals surface area contributed by atoms with Gasteiger partial charge in [0.05, 0.1) is 12.6 Å². The fourth-order valence-corrected chi connectivity index (χ4v) is 2.76. The molecule has 4 nitrogen and oxygen atoms in total. The second-order valence-corrected chi connectivity index (χ2v) is 6.39. The molecule has 2 N–H and O–H groups in total. The van der Waals surface area contributed by atoms with Crippen molar-refractivity contribution in [1.82, 2.24) is 10.6 Å². The van der Waals surface area contributed by atoms with Crippen molar-refractivity contribution >= 4 is 23.4 Å². The number of carbonyl (C=O) groups is 2. The fourth-order valence-electron chi connectivity index (χ4n) is 2.56. The molecule has 0 spiro atoms. The van der Waals surface area contributed by atoms with E-state index in [1.54, 1.807) is 6.07 Å². The van der Waals surface area contributed by atoms with E-state index in [1.165, 1.54) is 0 Å². The summed E-state index contributed by atoms with van der Waals surface area (Å²) in [7, 11) is 0. The Bertz CT molecular complexity index is 729. The van der Waals surface area contributed by atoms with Gasteiger partial charge in [0, 0.05) is 10.9 Å². The van der Waals surface area contributed by atoms with Gasteiger partial charge in [0.25, 0.3) is 0 Å². The van der Waals surface area contributed by atoms with E-state index in [4.69, 9.17) is 11.6 Å². The molecule has 3 rings (SSSR count). The lowest BCUT2D eigenvalue weighted by atomic mass is 9.98. The van der Waals surface area contributed by atoms with Crippen molar-refractivity contribution in [3.05, 3.63) is 70.7 Å². The molecule has 1 aliphatic carbocycles. The fraction of sp³-hybridized carbons (Fsp3) is 0.263. The summed E-state index contributed by atoms with van der Waals surface area (Å²) in [6, 6.07) is 16.8. The molecule has 2 amide bonds. The highest BCUT2D eigenvalue weighted by molar-refractivity contribution is 6.30. The third-order valence-corrected chi connectivity index (χ3v) is 4.23. The highest BCUT2D eigenvalue weighted by Crippen LogP contribution is 2.28. The molecule has 5 heteroatoms. The normalized spacial score (nSPS) is 14.7. The monoisotopic (exact) mass is 342 g/mol. The Hall–Kier alpha value is -2.33. The van der Waals surface area contributed by atoms with Gasteiger partial charge in [-0.3, -0.25) is 9.59 Å². The van der Waals surface area contributed by atoms with Crippen LogP contribution in [0.15, 0.2) is 54.6 Å². The Labute approximate surface area is 146 Å². The van der Waals surface area contributed by atoms with Crippen LogP contribution in [0.1, 0.15) is 30.0 Å². The lowest BCUT2D eigenvalue weighted by molar-refractivity contribution is -0.127. The molecule has 124 valence electrons. The van der Waals surface area contributed by atoms with E-state index in [1.807, 2.05) is 48.5 Å². The topological polar surface area (TPSA) is 58.2 Å². The van der Waals surface area contributed by atoms with E-state index in [0.29, 0.717) is 5.02 Å². The SMILES string of the molecule is O=C(CNC(=O)C1CC1)N[C@@H](c1ccccc1)c1cccc(Cl)c1. The molecule has 2 aromatic carbocycles. The van der Waals surface area contributed by atoms with E-state index in [0.717, 1.165) is 24.0 Å². The number of benzene rings is 2. The van der Waals surface area contributed by atoms with Crippen LogP contribution >= 0.6 is 11.6 Å². The maximum atomic E-state index is 12.3. The van der Waals surface area contributed by atoms with Crippen molar-refractivity contribution in [3.8, 4) is 0 Å². The number of amides is 2. The zero-order valence-electron chi connectivity index (χ0n) is 13.2. The van der Waals surface area contributed by atoms with Crippen LogP contribution < -0.4 is 10.6 Å². The Balaban J connectivity index is 1.72. The Morgan fingerprint density at radius 2 is 1.75 bits per heavy atom. The summed E-state index contributed by atoms with van der Waals surface area (Å²) in [5.74, 6) is -0.169. The van der Waals surface area contributed by atoms with Crippen molar-refractivity contribution in [3.63, 3.8) is 0 Å². The molecule has 24 heavy (non-hydrogen) atoms. The van der Waals surface area contributed by atoms with Crippen LogP contribution in [0.2, 0.25) is 5.02 Å². The summed E-state index contributed by atoms with van der Waals surface area (Å²) >= 11 is 6.09. The van der Waals surface area contributed by atoms with Crippen molar-refractivity contribution in [2.75, 3.05) is 6.54 Å². The molecule has 0 unspecified atom stereocenters. The van der Waals surface area contributed by atoms with Gasteiger partial charge in [0.15, 0.2) is 0 Å². The summed E-state index contributed by atoms with van der Waals surface area (Å²) in [4.78, 5) is 23.9. The Kier molecular flexibility index (Phi) is 5.16. The minimum Gasteiger partial charge on any atom is -0.347 e. The lowest BCUT2D eigenvalue weighted by Gasteiger charge is -2.20. The summed E-state index contributed by atoms with van der Waals surface area (Å²) in [6.45, 7) is -0.0147. The van der Waals surface area contributed by atoms with Crippen molar-refractivity contribution in [1.29, 1.82) is 0 Å². The smallest absolute Gasteiger partial charge is 0.240 e. The van der Waals surface area contributed by atoms with Gasteiger partial charge in [-0.25, -0.2) is 0 Å². The average molecular weight is 343 g/mol. The van der Waals surface area contributed by atoms with Crippen LogP contribution in [-0.2, 0) is 9.59 Å². The number of carbonyl (C=O) groups excluding carboxylic acids is 2. The third kappa shape index (κ3) is 4.36. The molecule has 0 radical (unpaired) electrons. The number of hydrogen-bond acceptors (Lipinski definition) is 2. The molecular formula is C19H19ClN2O2. The van der Waals surface area contributed by atoms with E-state index >= 15 is 0 Å². The van der Waals surface area contributed by atoms with Gasteiger partial charge >= 0.3 is 0 Å². The molecular weight excluding hydrogens is 324 g/mol. The largest absolute Gasteiger partial charge is 0.347 e. The second-order valence-electron chi connectivity index (χ2n) is 5.96. The maximum absolute atomic E-state index is 12.3. The van der Waals surface area contributed by atoms with Crippen LogP contribution in [0.4, 0.5) is 0 Å². The van der Waals surface area contributed by atoms with E-state index in [-0.39, 0.29) is 30.3 Å². The second kappa shape index (κ2) is 7.49. The highest BCUT2D eigenvalue weighted by Gasteiger charge is 2.29. The minimum atomic E-state index is -0.310. The first kappa shape index (κ1) is 16.5. The quantitative estimate of drug-likeness (QED) is 0.847. The van der Waals surface area contributed by atoms with Gasteiger partial charge in [0.1, 0.15) is 0 Å². The molecule has 1 saturated carbocycles. The third-order valence-electron chi connectivity index (χ3n) is 3.99. The van der Waals surface area contributed by atoms with E-state index < -0.39 is 0 Å². The van der Waals surface area contributed by atoms with Gasteiger partial charge in [-0.15, -0.1) is 0 Å². The van der Waals surface area contributed by atoms with Crippen molar-refractivity contribution < 1.29 is 9.59 Å². The van der Waals surface area contributed by atoms with Crippen LogP contribution in [0, 0.1) is 5.92 Å². The van der Waals surface area contributed by atoms with Crippen LogP contribution in [0.5, 0.6) is 0 Å². The molecule has 0 heterocycles. The lowest BCUT2D eigenvalue weighted by Crippen LogP contribution is -2.39. The van der Waals surface area contributed by atoms with Crippen molar-refractivity contribution in [2.45, 2.75) is 18.9 Å². The van der Waals surface area contributed by atoms with Crippen LogP contribution in [-0.4, -0.2) is 18.4 Å². The number of halogens is 1. The number of hydrogen-bond donors (Lipinski definition) is 2. The Morgan fingerprint density at radius 1 is 1.04 bits per heavy atom. The van der Waals surface area contributed by atoms with Gasteiger partial charge < -0.3 is 10.6 Å². The first-order chi connectivity index (χ1) is 11.6. The summed E-state index contributed by atoms with van der Waals surface area (Å²) < 4.78 is 0. The zero-order chi connectivity index (χ0) is 16.9. The first-order valence-electron chi connectivity index (χ1n) is 8.01. The van der Waals surface area contributed by atoms with E-state index in [9.17, 15) is 9.59 Å². The van der Waals surface area contributed by atoms with Gasteiger partial charge in [-0.1, -0.05) is 54.1 Å². The van der Waals surface area contributed by atoms with Gasteiger partial charge in [0.2, 0.25) is 11.8 Å². The molecule has 1 fully saturated rings. The summed E-state index contributed by atoms with van der Waals surface area (Å²) in [5.41, 5.74) is 1.86. The van der Waals surface area contributed by atoms with Gasteiger partial charge in [-0.2, -0.15) is 0 Å². The van der Waals surface area contributed by atoms with Crippen molar-refractivity contribution in [2.24, 2.45) is 5.92 Å². The standard InChI is InChI=1S/C19H19ClN2O2/c20-16-8-4-7-15(11-16)18(13-5-2-1-3-6-13)22-17(23)12-21-19(24)14-9-10-14/h1-8,11,14,18H,9-10,12H2,(H,21,24)(H,22,23)/t18-/m0/s1. The number of nitrogens with one attached hydrogen (secondary N) is 2. The first-order valence-corrected chi connectivity index (χ1v) is 8.39. The highest BCUT2D eigenvalue weighted by atomic mass is 35.5. The Morgan fingerprint density at radius 3 is 2.42 bits per heavy atom. The predicted molar refractivity (Wildman–Crippen MR) is 93.6 cm³/mol. The molecule has 0 aliphatic heterocycles. The molecule has 2 aromatic rings. The van der Waals surface area contributed by atoms with E-state index in [2.05, 4.69) is 10.6 Å². The van der Waals surface area contributed by atoms with Crippen LogP contribution in [0.25, 0.3) is 0 Å². The minimum absolute atomic E-state index is 0.0147. The molecule has 0 aromatic heterocycles. The maximum Gasteiger partial charge on any atom is 0.240 e. The molecule has 0 bridgehead atoms. The predicted octanol–water partition coefficient (Wildman–Crippen LogP) is 3.07.